The number of benzene rings is 1. The molecule has 2 heterocycles. The van der Waals surface area contributed by atoms with Gasteiger partial charge in [0, 0.05) is 30.1 Å². The maximum absolute atomic E-state index is 13.0. The molecule has 1 saturated heterocycles. The Morgan fingerprint density at radius 2 is 1.90 bits per heavy atom. The highest BCUT2D eigenvalue weighted by Crippen LogP contribution is 2.22. The summed E-state index contributed by atoms with van der Waals surface area (Å²) in [5, 5.41) is 11.9. The molecule has 2 aromatic rings. The van der Waals surface area contributed by atoms with Crippen molar-refractivity contribution in [3.8, 4) is 5.69 Å². The van der Waals surface area contributed by atoms with Crippen molar-refractivity contribution in [3.05, 3.63) is 40.7 Å². The molecule has 0 radical (unpaired) electrons. The summed E-state index contributed by atoms with van der Waals surface area (Å²) in [6.07, 6.45) is 1.31. The normalized spacial score (nSPS) is 16.1. The Labute approximate surface area is 176 Å². The molecule has 1 fully saturated rings. The van der Waals surface area contributed by atoms with E-state index in [0.717, 1.165) is 5.69 Å². The molecular weight excluding hydrogens is 390 g/mol. The van der Waals surface area contributed by atoms with Gasteiger partial charge < -0.3 is 10.2 Å². The minimum absolute atomic E-state index is 0.0523. The zero-order valence-electron chi connectivity index (χ0n) is 17.4. The molecule has 1 atom stereocenters. The molecule has 2 amide bonds. The van der Waals surface area contributed by atoms with Crippen molar-refractivity contribution in [3.63, 3.8) is 0 Å². The van der Waals surface area contributed by atoms with Crippen LogP contribution in [0.3, 0.4) is 0 Å². The van der Waals surface area contributed by atoms with Crippen molar-refractivity contribution >= 4 is 23.4 Å². The average molecular weight is 418 g/mol. The maximum atomic E-state index is 13.0. The van der Waals surface area contributed by atoms with Gasteiger partial charge in [0.1, 0.15) is 0 Å². The largest absolute Gasteiger partial charge is 0.353 e. The summed E-state index contributed by atoms with van der Waals surface area (Å²) in [5.74, 6) is 0.278. The summed E-state index contributed by atoms with van der Waals surface area (Å²) in [5.41, 5.74) is 1.76. The maximum Gasteiger partial charge on any atom is 0.276 e. The van der Waals surface area contributed by atoms with Crippen LogP contribution >= 0.6 is 11.6 Å². The molecule has 1 aliphatic rings. The van der Waals surface area contributed by atoms with Gasteiger partial charge in [0.15, 0.2) is 5.69 Å². The summed E-state index contributed by atoms with van der Waals surface area (Å²) < 4.78 is 1.62. The molecule has 1 N–H and O–H groups in total. The molecule has 0 spiro atoms. The third-order valence-electron chi connectivity index (χ3n) is 5.67. The molecular formula is C21H28ClN5O2. The zero-order valence-corrected chi connectivity index (χ0v) is 18.1. The Balaban J connectivity index is 1.64. The van der Waals surface area contributed by atoms with Gasteiger partial charge in [-0.3, -0.25) is 9.59 Å². The first-order chi connectivity index (χ1) is 13.8. The Morgan fingerprint density at radius 1 is 1.21 bits per heavy atom. The van der Waals surface area contributed by atoms with Crippen LogP contribution in [0.1, 0.15) is 49.8 Å². The predicted molar refractivity (Wildman–Crippen MR) is 112 cm³/mol. The number of amides is 2. The highest BCUT2D eigenvalue weighted by atomic mass is 35.5. The van der Waals surface area contributed by atoms with Gasteiger partial charge in [-0.15, -0.1) is 5.10 Å². The zero-order chi connectivity index (χ0) is 21.1. The van der Waals surface area contributed by atoms with Gasteiger partial charge in [0.25, 0.3) is 5.91 Å². The van der Waals surface area contributed by atoms with Crippen molar-refractivity contribution in [2.75, 3.05) is 13.1 Å². The number of nitrogens with zero attached hydrogens (tertiary/aromatic N) is 4. The highest BCUT2D eigenvalue weighted by molar-refractivity contribution is 6.30. The quantitative estimate of drug-likeness (QED) is 0.809. The molecule has 1 unspecified atom stereocenters. The van der Waals surface area contributed by atoms with E-state index in [1.54, 1.807) is 21.7 Å². The molecule has 7 nitrogen and oxygen atoms in total. The lowest BCUT2D eigenvalue weighted by molar-refractivity contribution is -0.127. The Bertz CT molecular complexity index is 887. The van der Waals surface area contributed by atoms with Crippen molar-refractivity contribution in [2.45, 2.75) is 46.6 Å². The van der Waals surface area contributed by atoms with Crippen LogP contribution in [0.25, 0.3) is 5.69 Å². The SMILES string of the molecule is Cc1c(C(=O)N2CCC(C(=O)NC(C)C(C)C)CC2)nnn1-c1cccc(Cl)c1. The van der Waals surface area contributed by atoms with Gasteiger partial charge >= 0.3 is 0 Å². The van der Waals surface area contributed by atoms with Crippen molar-refractivity contribution in [2.24, 2.45) is 11.8 Å². The number of carbonyl (C=O) groups excluding carboxylic acids is 2. The summed E-state index contributed by atoms with van der Waals surface area (Å²) in [4.78, 5) is 27.2. The fourth-order valence-corrected chi connectivity index (χ4v) is 3.57. The second-order valence-corrected chi connectivity index (χ2v) is 8.46. The van der Waals surface area contributed by atoms with E-state index in [0.29, 0.717) is 48.3 Å². The topological polar surface area (TPSA) is 80.1 Å². The van der Waals surface area contributed by atoms with Crippen LogP contribution in [0, 0.1) is 18.8 Å². The average Bonchev–Trinajstić information content (AvgIpc) is 3.08. The Hall–Kier alpha value is -2.41. The first-order valence-corrected chi connectivity index (χ1v) is 10.4. The number of halogens is 1. The smallest absolute Gasteiger partial charge is 0.276 e. The van der Waals surface area contributed by atoms with Gasteiger partial charge in [0.05, 0.1) is 11.4 Å². The van der Waals surface area contributed by atoms with E-state index in [1.165, 1.54) is 0 Å². The number of hydrogen-bond acceptors (Lipinski definition) is 4. The second-order valence-electron chi connectivity index (χ2n) is 8.02. The minimum Gasteiger partial charge on any atom is -0.353 e. The molecule has 0 saturated carbocycles. The van der Waals surface area contributed by atoms with E-state index in [2.05, 4.69) is 29.5 Å². The second kappa shape index (κ2) is 8.95. The number of aromatic nitrogens is 3. The standard InChI is InChI=1S/C21H28ClN5O2/c1-13(2)14(3)23-20(28)16-8-10-26(11-9-16)21(29)19-15(4)27(25-24-19)18-7-5-6-17(22)12-18/h5-7,12-14,16H,8-11H2,1-4H3,(H,23,28). The Kier molecular flexibility index (Phi) is 6.57. The van der Waals surface area contributed by atoms with E-state index >= 15 is 0 Å². The van der Waals surface area contributed by atoms with Gasteiger partial charge in [0.2, 0.25) is 5.91 Å². The van der Waals surface area contributed by atoms with E-state index in [9.17, 15) is 9.59 Å². The molecule has 8 heteroatoms. The number of likely N-dealkylation sites (tertiary alicyclic amines) is 1. The third-order valence-corrected chi connectivity index (χ3v) is 5.91. The Morgan fingerprint density at radius 3 is 2.52 bits per heavy atom. The lowest BCUT2D eigenvalue weighted by Crippen LogP contribution is -2.46. The van der Waals surface area contributed by atoms with Gasteiger partial charge in [-0.05, 0) is 50.8 Å². The van der Waals surface area contributed by atoms with Crippen molar-refractivity contribution in [1.82, 2.24) is 25.2 Å². The molecule has 1 aromatic heterocycles. The molecule has 1 aromatic carbocycles. The number of rotatable bonds is 5. The van der Waals surface area contributed by atoms with Crippen LogP contribution in [0.15, 0.2) is 24.3 Å². The third kappa shape index (κ3) is 4.78. The lowest BCUT2D eigenvalue weighted by atomic mass is 9.94. The van der Waals surface area contributed by atoms with Crippen LogP contribution in [0.2, 0.25) is 5.02 Å². The van der Waals surface area contributed by atoms with Crippen molar-refractivity contribution < 1.29 is 9.59 Å². The molecule has 0 aliphatic carbocycles. The first-order valence-electron chi connectivity index (χ1n) is 10.1. The molecule has 29 heavy (non-hydrogen) atoms. The number of carbonyl (C=O) groups is 2. The fraction of sp³-hybridized carbons (Fsp3) is 0.524. The van der Waals surface area contributed by atoms with Crippen LogP contribution in [-0.2, 0) is 4.79 Å². The molecule has 1 aliphatic heterocycles. The van der Waals surface area contributed by atoms with Gasteiger partial charge in [-0.2, -0.15) is 0 Å². The lowest BCUT2D eigenvalue weighted by Gasteiger charge is -2.32. The van der Waals surface area contributed by atoms with E-state index < -0.39 is 0 Å². The van der Waals surface area contributed by atoms with E-state index in [1.807, 2.05) is 26.0 Å². The molecule has 156 valence electrons. The summed E-state index contributed by atoms with van der Waals surface area (Å²) in [6, 6.07) is 7.40. The van der Waals surface area contributed by atoms with Crippen molar-refractivity contribution in [1.29, 1.82) is 0 Å². The van der Waals surface area contributed by atoms with Crippen LogP contribution in [-0.4, -0.2) is 50.8 Å². The number of hydrogen-bond donors (Lipinski definition) is 1. The van der Waals surface area contributed by atoms with E-state index in [4.69, 9.17) is 11.6 Å². The van der Waals surface area contributed by atoms with Crippen LogP contribution in [0.4, 0.5) is 0 Å². The summed E-state index contributed by atoms with van der Waals surface area (Å²) in [6.45, 7) is 9.10. The first kappa shape index (κ1) is 21.3. The highest BCUT2D eigenvalue weighted by Gasteiger charge is 2.30. The van der Waals surface area contributed by atoms with Crippen LogP contribution < -0.4 is 5.32 Å². The van der Waals surface area contributed by atoms with Crippen LogP contribution in [0.5, 0.6) is 0 Å². The fourth-order valence-electron chi connectivity index (χ4n) is 3.38. The summed E-state index contributed by atoms with van der Waals surface area (Å²) in [7, 11) is 0. The minimum atomic E-state index is -0.148. The van der Waals surface area contributed by atoms with Gasteiger partial charge in [-0.1, -0.05) is 36.7 Å². The molecule has 0 bridgehead atoms. The van der Waals surface area contributed by atoms with Gasteiger partial charge in [-0.25, -0.2) is 4.68 Å². The van der Waals surface area contributed by atoms with E-state index in [-0.39, 0.29) is 23.8 Å². The molecule has 3 rings (SSSR count). The monoisotopic (exact) mass is 417 g/mol. The number of nitrogens with one attached hydrogen (secondary N) is 1. The predicted octanol–water partition coefficient (Wildman–Crippen LogP) is 3.24. The summed E-state index contributed by atoms with van der Waals surface area (Å²) >= 11 is 6.06. The number of piperidine rings is 1.